The Kier molecular flexibility index (Phi) is 7.73. The fourth-order valence-corrected chi connectivity index (χ4v) is 8.82. The number of likely N-dealkylation sites (N-methyl/N-ethyl adjacent to an activating group) is 1. The highest BCUT2D eigenvalue weighted by Crippen LogP contribution is 2.28. The molecule has 33 heavy (non-hydrogen) atoms. The molecule has 0 aliphatic carbocycles. The molecule has 182 valence electrons. The maximum Gasteiger partial charge on any atom is 0.183 e. The molecule has 1 unspecified atom stereocenters. The first-order valence-corrected chi connectivity index (χ1v) is 14.1. The minimum Gasteiger partial charge on any atom is -0.497 e. The molecule has 3 rings (SSSR count). The lowest BCUT2D eigenvalue weighted by atomic mass is 10.0. The minimum absolute atomic E-state index is 0.0474. The summed E-state index contributed by atoms with van der Waals surface area (Å²) >= 11 is 0. The van der Waals surface area contributed by atoms with Gasteiger partial charge in [0.15, 0.2) is 19.7 Å². The first kappa shape index (κ1) is 25.5. The van der Waals surface area contributed by atoms with Crippen molar-refractivity contribution >= 4 is 25.4 Å². The van der Waals surface area contributed by atoms with Gasteiger partial charge in [-0.2, -0.15) is 0 Å². The van der Waals surface area contributed by atoms with E-state index < -0.39 is 31.0 Å². The Hall–Kier alpha value is -2.14. The van der Waals surface area contributed by atoms with Crippen LogP contribution in [0.4, 0.5) is 5.69 Å². The fourth-order valence-electron chi connectivity index (χ4n) is 4.11. The van der Waals surface area contributed by atoms with Crippen LogP contribution in [0.5, 0.6) is 5.75 Å². The molecule has 0 amide bonds. The Morgan fingerprint density at radius 3 is 2.12 bits per heavy atom. The Morgan fingerprint density at radius 2 is 1.61 bits per heavy atom. The SMILES string of the molecule is COc1ccc(S(=O)(=O)[C@H]2CS(=O)(=O)C[C@@H]2NCC(c2ccc(N(C)C)cc2)N(C)C)cc1. The van der Waals surface area contributed by atoms with Crippen molar-refractivity contribution in [1.29, 1.82) is 0 Å². The molecule has 2 aromatic carbocycles. The van der Waals surface area contributed by atoms with Gasteiger partial charge in [0.2, 0.25) is 0 Å². The first-order valence-electron chi connectivity index (χ1n) is 10.7. The first-order chi connectivity index (χ1) is 15.4. The zero-order chi connectivity index (χ0) is 24.4. The average molecular weight is 496 g/mol. The highest BCUT2D eigenvalue weighted by molar-refractivity contribution is 7.96. The van der Waals surface area contributed by atoms with E-state index in [2.05, 4.69) is 5.32 Å². The molecule has 0 aromatic heterocycles. The molecule has 8 nitrogen and oxygen atoms in total. The Morgan fingerprint density at radius 1 is 1.00 bits per heavy atom. The van der Waals surface area contributed by atoms with Crippen LogP contribution in [0, 0.1) is 0 Å². The summed E-state index contributed by atoms with van der Waals surface area (Å²) in [5.41, 5.74) is 2.14. The molecule has 10 heteroatoms. The van der Waals surface area contributed by atoms with Gasteiger partial charge in [-0.3, -0.25) is 0 Å². The number of anilines is 1. The normalized spacial score (nSPS) is 21.2. The van der Waals surface area contributed by atoms with E-state index in [0.717, 1.165) is 11.3 Å². The molecule has 0 bridgehead atoms. The Balaban J connectivity index is 1.82. The van der Waals surface area contributed by atoms with Gasteiger partial charge in [0.25, 0.3) is 0 Å². The molecule has 1 saturated heterocycles. The van der Waals surface area contributed by atoms with Gasteiger partial charge in [-0.15, -0.1) is 0 Å². The molecule has 0 saturated carbocycles. The summed E-state index contributed by atoms with van der Waals surface area (Å²) in [5, 5.41) is 2.22. The van der Waals surface area contributed by atoms with E-state index in [1.54, 1.807) is 12.1 Å². The zero-order valence-electron chi connectivity index (χ0n) is 19.7. The van der Waals surface area contributed by atoms with Gasteiger partial charge in [0.05, 0.1) is 28.8 Å². The standard InChI is InChI=1S/C23H33N3O5S2/c1-25(2)18-8-6-17(7-9-18)22(26(3)4)14-24-21-15-32(27,28)16-23(21)33(29,30)20-12-10-19(31-5)11-13-20/h6-13,21-24H,14-16H2,1-5H3/t21-,22?,23-/m0/s1. The number of nitrogens with zero attached hydrogens (tertiary/aromatic N) is 2. The van der Waals surface area contributed by atoms with E-state index in [9.17, 15) is 16.8 Å². The summed E-state index contributed by atoms with van der Waals surface area (Å²) in [5.74, 6) is -0.0487. The molecule has 0 spiro atoms. The van der Waals surface area contributed by atoms with Gasteiger partial charge in [-0.25, -0.2) is 16.8 Å². The molecule has 3 atom stereocenters. The number of ether oxygens (including phenoxy) is 1. The van der Waals surface area contributed by atoms with Crippen LogP contribution in [-0.2, 0) is 19.7 Å². The predicted octanol–water partition coefficient (Wildman–Crippen LogP) is 1.59. The number of methoxy groups -OCH3 is 1. The van der Waals surface area contributed by atoms with Crippen molar-refractivity contribution in [1.82, 2.24) is 10.2 Å². The van der Waals surface area contributed by atoms with Gasteiger partial charge in [-0.1, -0.05) is 12.1 Å². The number of rotatable bonds is 9. The lowest BCUT2D eigenvalue weighted by Gasteiger charge is -2.28. The minimum atomic E-state index is -3.85. The van der Waals surface area contributed by atoms with Crippen molar-refractivity contribution in [2.45, 2.75) is 22.2 Å². The second kappa shape index (κ2) is 10.0. The average Bonchev–Trinajstić information content (AvgIpc) is 3.09. The molecule has 1 aliphatic heterocycles. The molecular formula is C23H33N3O5S2. The van der Waals surface area contributed by atoms with Crippen LogP contribution < -0.4 is 15.0 Å². The van der Waals surface area contributed by atoms with Crippen LogP contribution in [0.3, 0.4) is 0 Å². The highest BCUT2D eigenvalue weighted by Gasteiger charge is 2.45. The van der Waals surface area contributed by atoms with Crippen LogP contribution in [0.2, 0.25) is 0 Å². The molecule has 1 N–H and O–H groups in total. The lowest BCUT2D eigenvalue weighted by molar-refractivity contribution is 0.282. The summed E-state index contributed by atoms with van der Waals surface area (Å²) in [6.45, 7) is 0.420. The summed E-state index contributed by atoms with van der Waals surface area (Å²) in [4.78, 5) is 4.15. The summed E-state index contributed by atoms with van der Waals surface area (Å²) < 4.78 is 56.6. The van der Waals surface area contributed by atoms with Gasteiger partial charge >= 0.3 is 0 Å². The molecular weight excluding hydrogens is 462 g/mol. The van der Waals surface area contributed by atoms with Gasteiger partial charge in [0, 0.05) is 38.4 Å². The molecule has 1 fully saturated rings. The molecule has 1 heterocycles. The van der Waals surface area contributed by atoms with Crippen LogP contribution in [0.15, 0.2) is 53.4 Å². The van der Waals surface area contributed by atoms with Gasteiger partial charge < -0.3 is 19.9 Å². The summed E-state index contributed by atoms with van der Waals surface area (Å²) in [6.07, 6.45) is 0. The Labute approximate surface area is 197 Å². The van der Waals surface area contributed by atoms with E-state index >= 15 is 0 Å². The molecule has 1 aliphatic rings. The van der Waals surface area contributed by atoms with Gasteiger partial charge in [0.1, 0.15) is 5.75 Å². The number of nitrogens with one attached hydrogen (secondary N) is 1. The maximum atomic E-state index is 13.3. The van der Waals surface area contributed by atoms with E-state index in [-0.39, 0.29) is 22.4 Å². The quantitative estimate of drug-likeness (QED) is 0.560. The predicted molar refractivity (Wildman–Crippen MR) is 132 cm³/mol. The number of hydrogen-bond acceptors (Lipinski definition) is 8. The second-order valence-corrected chi connectivity index (χ2v) is 13.1. The molecule has 0 radical (unpaired) electrons. The second-order valence-electron chi connectivity index (χ2n) is 8.82. The van der Waals surface area contributed by atoms with Crippen molar-refractivity contribution in [3.05, 3.63) is 54.1 Å². The van der Waals surface area contributed by atoms with Crippen molar-refractivity contribution < 1.29 is 21.6 Å². The van der Waals surface area contributed by atoms with Crippen molar-refractivity contribution in [3.63, 3.8) is 0 Å². The van der Waals surface area contributed by atoms with E-state index in [1.807, 2.05) is 62.3 Å². The van der Waals surface area contributed by atoms with Crippen molar-refractivity contribution in [2.75, 3.05) is 58.3 Å². The number of sulfone groups is 2. The lowest BCUT2D eigenvalue weighted by Crippen LogP contribution is -2.46. The van der Waals surface area contributed by atoms with Crippen LogP contribution in [0.25, 0.3) is 0 Å². The zero-order valence-corrected chi connectivity index (χ0v) is 21.4. The van der Waals surface area contributed by atoms with Crippen molar-refractivity contribution in [3.8, 4) is 5.75 Å². The number of benzene rings is 2. The number of hydrogen-bond donors (Lipinski definition) is 1. The summed E-state index contributed by atoms with van der Waals surface area (Å²) in [7, 11) is 2.02. The van der Waals surface area contributed by atoms with Crippen molar-refractivity contribution in [2.24, 2.45) is 0 Å². The largest absolute Gasteiger partial charge is 0.497 e. The monoisotopic (exact) mass is 495 g/mol. The third-order valence-corrected chi connectivity index (χ3v) is 10.2. The Bertz CT molecular complexity index is 1150. The van der Waals surface area contributed by atoms with E-state index in [1.165, 1.54) is 19.2 Å². The maximum absolute atomic E-state index is 13.3. The van der Waals surface area contributed by atoms with E-state index in [4.69, 9.17) is 4.74 Å². The fraction of sp³-hybridized carbons (Fsp3) is 0.478. The van der Waals surface area contributed by atoms with Crippen LogP contribution >= 0.6 is 0 Å². The third-order valence-electron chi connectivity index (χ3n) is 6.08. The van der Waals surface area contributed by atoms with Crippen LogP contribution in [-0.4, -0.2) is 86.4 Å². The highest BCUT2D eigenvalue weighted by atomic mass is 32.2. The third kappa shape index (κ3) is 5.87. The summed E-state index contributed by atoms with van der Waals surface area (Å²) in [6, 6.07) is 13.5. The van der Waals surface area contributed by atoms with E-state index in [0.29, 0.717) is 12.3 Å². The van der Waals surface area contributed by atoms with Gasteiger partial charge in [-0.05, 0) is 56.1 Å². The smallest absolute Gasteiger partial charge is 0.183 e. The topological polar surface area (TPSA) is 96.0 Å². The molecule has 2 aromatic rings. The van der Waals surface area contributed by atoms with Crippen LogP contribution in [0.1, 0.15) is 11.6 Å².